The van der Waals surface area contributed by atoms with E-state index in [0.29, 0.717) is 19.4 Å². The van der Waals surface area contributed by atoms with Crippen molar-refractivity contribution in [3.63, 3.8) is 0 Å². The molecule has 1 aliphatic carbocycles. The number of amides is 1. The van der Waals surface area contributed by atoms with Gasteiger partial charge in [0.05, 0.1) is 0 Å². The Morgan fingerprint density at radius 1 is 1.07 bits per heavy atom. The van der Waals surface area contributed by atoms with Gasteiger partial charge in [0.25, 0.3) is 0 Å². The minimum atomic E-state index is -1.40. The minimum Gasteiger partial charge on any atom is -0.480 e. The number of unbranched alkanes of at least 4 members (excludes halogenated alkanes) is 6. The highest BCUT2D eigenvalue weighted by atomic mass is 16.4. The van der Waals surface area contributed by atoms with E-state index >= 15 is 0 Å². The van der Waals surface area contributed by atoms with E-state index in [1.807, 2.05) is 0 Å². The number of nitrogens with two attached hydrogens (primary N) is 1. The lowest BCUT2D eigenvalue weighted by Crippen LogP contribution is -2.43. The van der Waals surface area contributed by atoms with E-state index in [9.17, 15) is 14.7 Å². The summed E-state index contributed by atoms with van der Waals surface area (Å²) in [5.41, 5.74) is 6.50. The number of hydrogen-bond donors (Lipinski definition) is 3. The minimum absolute atomic E-state index is 0.0102. The molecule has 5 heteroatoms. The van der Waals surface area contributed by atoms with Crippen molar-refractivity contribution in [3.8, 4) is 0 Å². The van der Waals surface area contributed by atoms with Crippen molar-refractivity contribution >= 4 is 11.9 Å². The van der Waals surface area contributed by atoms with Crippen molar-refractivity contribution in [1.82, 2.24) is 5.32 Å². The van der Waals surface area contributed by atoms with Gasteiger partial charge in [0.15, 0.2) is 0 Å². The smallest absolute Gasteiger partial charge is 0.319 e. The van der Waals surface area contributed by atoms with Crippen LogP contribution < -0.4 is 11.1 Å². The number of carbonyl (C=O) groups excluding carboxylic acids is 1. The van der Waals surface area contributed by atoms with Crippen LogP contribution in [0.1, 0.15) is 82.3 Å². The number of primary amides is 1. The third-order valence-corrected chi connectivity index (χ3v) is 6.08. The van der Waals surface area contributed by atoms with Crippen LogP contribution in [0, 0.1) is 5.41 Å². The van der Waals surface area contributed by atoms with Gasteiger partial charge in [-0.3, -0.25) is 9.59 Å². The zero-order valence-corrected chi connectivity index (χ0v) is 17.2. The lowest BCUT2D eigenvalue weighted by Gasteiger charge is -2.20. The van der Waals surface area contributed by atoms with Crippen LogP contribution in [0.4, 0.5) is 0 Å². The molecule has 1 saturated carbocycles. The van der Waals surface area contributed by atoms with Crippen LogP contribution in [0.15, 0.2) is 24.3 Å². The molecule has 2 unspecified atom stereocenters. The predicted octanol–water partition coefficient (Wildman–Crippen LogP) is 4.18. The van der Waals surface area contributed by atoms with Crippen molar-refractivity contribution in [2.24, 2.45) is 11.1 Å². The molecule has 1 fully saturated rings. The number of benzene rings is 1. The number of carbonyl (C=O) groups is 2. The molecule has 28 heavy (non-hydrogen) atoms. The first-order valence-electron chi connectivity index (χ1n) is 10.8. The molecule has 1 amide bonds. The second-order valence-corrected chi connectivity index (χ2v) is 8.26. The number of carboxylic acids is 1. The number of hydrogen-bond acceptors (Lipinski definition) is 3. The maximum absolute atomic E-state index is 11.6. The third-order valence-electron chi connectivity index (χ3n) is 6.08. The molecule has 0 aromatic heterocycles. The maximum Gasteiger partial charge on any atom is 0.319 e. The quantitative estimate of drug-likeness (QED) is 0.349. The summed E-state index contributed by atoms with van der Waals surface area (Å²) in [4.78, 5) is 23.1. The number of carboxylic acid groups (broad SMARTS) is 1. The highest BCUT2D eigenvalue weighted by Gasteiger charge is 2.50. The summed E-state index contributed by atoms with van der Waals surface area (Å²) in [5.74, 6) is -1.82. The van der Waals surface area contributed by atoms with Crippen LogP contribution in [-0.2, 0) is 22.6 Å². The summed E-state index contributed by atoms with van der Waals surface area (Å²) in [5, 5.41) is 12.8. The first-order valence-corrected chi connectivity index (χ1v) is 10.8. The van der Waals surface area contributed by atoms with E-state index in [1.165, 1.54) is 56.1 Å². The molecule has 4 N–H and O–H groups in total. The molecule has 1 aromatic rings. The second-order valence-electron chi connectivity index (χ2n) is 8.26. The number of aliphatic carboxylic acids is 1. The lowest BCUT2D eigenvalue weighted by molar-refractivity contribution is -0.154. The molecule has 0 spiro atoms. The Morgan fingerprint density at radius 3 is 2.25 bits per heavy atom. The van der Waals surface area contributed by atoms with Gasteiger partial charge in [-0.1, -0.05) is 69.7 Å². The molecule has 2 atom stereocenters. The molecule has 0 heterocycles. The van der Waals surface area contributed by atoms with Crippen molar-refractivity contribution in [2.75, 3.05) is 0 Å². The van der Waals surface area contributed by atoms with Gasteiger partial charge in [-0.05, 0) is 43.2 Å². The largest absolute Gasteiger partial charge is 0.480 e. The molecular weight excluding hydrogens is 352 g/mol. The molecule has 0 bridgehead atoms. The molecule has 5 nitrogen and oxygen atoms in total. The van der Waals surface area contributed by atoms with E-state index in [0.717, 1.165) is 6.42 Å². The summed E-state index contributed by atoms with van der Waals surface area (Å²) in [7, 11) is 0. The van der Waals surface area contributed by atoms with Gasteiger partial charge >= 0.3 is 5.97 Å². The maximum atomic E-state index is 11.6. The first kappa shape index (κ1) is 22.4. The number of rotatable bonds is 13. The van der Waals surface area contributed by atoms with E-state index in [1.54, 1.807) is 0 Å². The van der Waals surface area contributed by atoms with Crippen LogP contribution in [-0.4, -0.2) is 23.0 Å². The standard InChI is InChI=1S/C23H36N2O3/c1-2-3-4-5-6-7-8-9-18-10-12-19(13-11-18)17-25-20-14-15-23(16-20,21(24)26)22(27)28/h10-13,20,25H,2-9,14-17H2,1H3,(H2,24,26)(H,27,28). The Morgan fingerprint density at radius 2 is 1.68 bits per heavy atom. The lowest BCUT2D eigenvalue weighted by atomic mass is 9.85. The van der Waals surface area contributed by atoms with Gasteiger partial charge in [0.1, 0.15) is 5.41 Å². The van der Waals surface area contributed by atoms with Crippen LogP contribution in [0.25, 0.3) is 0 Å². The summed E-state index contributed by atoms with van der Waals surface area (Å²) in [6.45, 7) is 2.92. The fourth-order valence-electron chi connectivity index (χ4n) is 4.12. The van der Waals surface area contributed by atoms with Crippen LogP contribution in [0.2, 0.25) is 0 Å². The Labute approximate surface area is 169 Å². The topological polar surface area (TPSA) is 92.4 Å². The van der Waals surface area contributed by atoms with Gasteiger partial charge < -0.3 is 16.2 Å². The SMILES string of the molecule is CCCCCCCCCc1ccc(CNC2CCC(C(N)=O)(C(=O)O)C2)cc1. The molecule has 1 aromatic carbocycles. The normalized spacial score (nSPS) is 21.7. The van der Waals surface area contributed by atoms with Crippen LogP contribution in [0.5, 0.6) is 0 Å². The average Bonchev–Trinajstić information content (AvgIpc) is 3.13. The molecule has 2 rings (SSSR count). The van der Waals surface area contributed by atoms with Gasteiger partial charge in [-0.15, -0.1) is 0 Å². The molecule has 0 radical (unpaired) electrons. The van der Waals surface area contributed by atoms with E-state index < -0.39 is 17.3 Å². The fourth-order valence-corrected chi connectivity index (χ4v) is 4.12. The molecular formula is C23H36N2O3. The number of nitrogens with one attached hydrogen (secondary N) is 1. The highest BCUT2D eigenvalue weighted by Crippen LogP contribution is 2.38. The number of aryl methyl sites for hydroxylation is 1. The summed E-state index contributed by atoms with van der Waals surface area (Å²) in [6.07, 6.45) is 11.6. The monoisotopic (exact) mass is 388 g/mol. The van der Waals surface area contributed by atoms with Crippen molar-refractivity contribution in [3.05, 3.63) is 35.4 Å². The Kier molecular flexibility index (Phi) is 8.97. The van der Waals surface area contributed by atoms with Crippen LogP contribution in [0.3, 0.4) is 0 Å². The zero-order valence-electron chi connectivity index (χ0n) is 17.2. The van der Waals surface area contributed by atoms with E-state index in [4.69, 9.17) is 5.73 Å². The van der Waals surface area contributed by atoms with Crippen molar-refractivity contribution in [2.45, 2.75) is 90.1 Å². The van der Waals surface area contributed by atoms with Gasteiger partial charge in [-0.25, -0.2) is 0 Å². The Hall–Kier alpha value is -1.88. The molecule has 1 aliphatic rings. The van der Waals surface area contributed by atoms with Crippen LogP contribution >= 0.6 is 0 Å². The summed E-state index contributed by atoms with van der Waals surface area (Å²) < 4.78 is 0. The Balaban J connectivity index is 1.69. The third kappa shape index (κ3) is 6.33. The zero-order chi connectivity index (χ0) is 20.4. The van der Waals surface area contributed by atoms with Crippen molar-refractivity contribution < 1.29 is 14.7 Å². The Bertz CT molecular complexity index is 613. The summed E-state index contributed by atoms with van der Waals surface area (Å²) >= 11 is 0. The molecule has 0 aliphatic heterocycles. The van der Waals surface area contributed by atoms with E-state index in [-0.39, 0.29) is 12.5 Å². The fraction of sp³-hybridized carbons (Fsp3) is 0.652. The second kappa shape index (κ2) is 11.2. The average molecular weight is 389 g/mol. The van der Waals surface area contributed by atoms with Crippen molar-refractivity contribution in [1.29, 1.82) is 0 Å². The summed E-state index contributed by atoms with van der Waals surface area (Å²) in [6, 6.07) is 8.66. The van der Waals surface area contributed by atoms with Gasteiger partial charge in [0, 0.05) is 12.6 Å². The highest BCUT2D eigenvalue weighted by molar-refractivity contribution is 6.01. The van der Waals surface area contributed by atoms with Gasteiger partial charge in [0.2, 0.25) is 5.91 Å². The molecule has 0 saturated heterocycles. The first-order chi connectivity index (χ1) is 13.5. The van der Waals surface area contributed by atoms with E-state index in [2.05, 4.69) is 36.5 Å². The molecule has 156 valence electrons. The van der Waals surface area contributed by atoms with Gasteiger partial charge in [-0.2, -0.15) is 0 Å². The predicted molar refractivity (Wildman–Crippen MR) is 112 cm³/mol.